The van der Waals surface area contributed by atoms with E-state index < -0.39 is 5.97 Å². The molecule has 1 N–H and O–H groups in total. The molecule has 1 fully saturated rings. The zero-order chi connectivity index (χ0) is 20.1. The highest BCUT2D eigenvalue weighted by molar-refractivity contribution is 7.15. The van der Waals surface area contributed by atoms with E-state index in [1.165, 1.54) is 21.8 Å². The molecule has 0 unspecified atom stereocenters. The van der Waals surface area contributed by atoms with Gasteiger partial charge in [0, 0.05) is 23.7 Å². The number of hydrogen-bond donors (Lipinski definition) is 1. The van der Waals surface area contributed by atoms with E-state index in [2.05, 4.69) is 15.2 Å². The fourth-order valence-corrected chi connectivity index (χ4v) is 4.85. The lowest BCUT2D eigenvalue weighted by molar-refractivity contribution is -0.117. The van der Waals surface area contributed by atoms with Crippen LogP contribution in [0, 0.1) is 6.92 Å². The topological polar surface area (TPSA) is 93.0 Å². The number of thiazole rings is 1. The van der Waals surface area contributed by atoms with Crippen molar-refractivity contribution in [3.05, 3.63) is 57.0 Å². The number of amides is 1. The van der Waals surface area contributed by atoms with Crippen LogP contribution in [0.3, 0.4) is 0 Å². The number of benzene rings is 1. The van der Waals surface area contributed by atoms with Gasteiger partial charge in [0.05, 0.1) is 22.6 Å². The molecule has 9 heteroatoms. The van der Waals surface area contributed by atoms with Crippen LogP contribution in [0.1, 0.15) is 34.6 Å². The van der Waals surface area contributed by atoms with Gasteiger partial charge in [0.25, 0.3) is 5.56 Å². The Labute approximate surface area is 169 Å². The van der Waals surface area contributed by atoms with Gasteiger partial charge < -0.3 is 15.0 Å². The van der Waals surface area contributed by atoms with E-state index in [1.54, 1.807) is 12.1 Å². The van der Waals surface area contributed by atoms with E-state index >= 15 is 0 Å². The van der Waals surface area contributed by atoms with E-state index in [0.29, 0.717) is 21.9 Å². The monoisotopic (exact) mass is 410 g/mol. The summed E-state index contributed by atoms with van der Waals surface area (Å²) in [4.78, 5) is 44.0. The quantitative estimate of drug-likeness (QED) is 0.667. The van der Waals surface area contributed by atoms with Crippen LogP contribution in [0.5, 0.6) is 0 Å². The van der Waals surface area contributed by atoms with Crippen molar-refractivity contribution in [2.45, 2.75) is 32.4 Å². The first kappa shape index (κ1) is 17.9. The number of fused-ring (bicyclic) bond motifs is 4. The number of rotatable bonds is 3. The maximum atomic E-state index is 12.5. The summed E-state index contributed by atoms with van der Waals surface area (Å²) >= 11 is 1.36. The van der Waals surface area contributed by atoms with Gasteiger partial charge in [0.15, 0.2) is 4.96 Å². The van der Waals surface area contributed by atoms with Gasteiger partial charge in [0.2, 0.25) is 5.91 Å². The number of hydrogen-bond acceptors (Lipinski definition) is 7. The number of carbonyl (C=O) groups excluding carboxylic acids is 2. The Kier molecular flexibility index (Phi) is 4.13. The lowest BCUT2D eigenvalue weighted by Crippen LogP contribution is -2.43. The van der Waals surface area contributed by atoms with Gasteiger partial charge in [-0.3, -0.25) is 14.0 Å². The van der Waals surface area contributed by atoms with Crippen LogP contribution in [0.15, 0.2) is 34.4 Å². The highest BCUT2D eigenvalue weighted by atomic mass is 32.1. The van der Waals surface area contributed by atoms with Crippen molar-refractivity contribution in [1.29, 1.82) is 0 Å². The van der Waals surface area contributed by atoms with Crippen molar-refractivity contribution in [2.24, 2.45) is 0 Å². The molecule has 1 saturated heterocycles. The molecular weight excluding hydrogens is 392 g/mol. The third-order valence-electron chi connectivity index (χ3n) is 5.33. The maximum absolute atomic E-state index is 12.5. The average Bonchev–Trinajstić information content (AvgIpc) is 3.34. The van der Waals surface area contributed by atoms with Crippen LogP contribution in [-0.4, -0.2) is 33.8 Å². The Hall–Kier alpha value is -3.20. The molecule has 2 aromatic heterocycles. The summed E-state index contributed by atoms with van der Waals surface area (Å²) in [6.45, 7) is 2.57. The Morgan fingerprint density at radius 3 is 3.07 bits per heavy atom. The van der Waals surface area contributed by atoms with Crippen LogP contribution >= 0.6 is 11.3 Å². The maximum Gasteiger partial charge on any atom is 0.338 e. The molecule has 2 aliphatic heterocycles. The Morgan fingerprint density at radius 1 is 1.34 bits per heavy atom. The van der Waals surface area contributed by atoms with Gasteiger partial charge in [-0.2, -0.15) is 0 Å². The standard InChI is InChI=1S/C20H18N4O4S/c1-11-10-29-20-21-13(8-17(25)24(11)20)9-28-19(27)12-4-5-15-14(7-12)22-18(26)16-3-2-6-23(15)16/h4-5,7-8,10,16H,2-3,6,9H2,1H3,(H,22,26)/t16-/m1/s1. The first-order valence-corrected chi connectivity index (χ1v) is 10.2. The molecule has 0 saturated carbocycles. The summed E-state index contributed by atoms with van der Waals surface area (Å²) in [5, 5.41) is 4.74. The molecule has 0 bridgehead atoms. The molecule has 1 amide bonds. The lowest BCUT2D eigenvalue weighted by atomic mass is 10.1. The number of nitrogens with one attached hydrogen (secondary N) is 1. The number of anilines is 2. The van der Waals surface area contributed by atoms with Crippen molar-refractivity contribution in [1.82, 2.24) is 9.38 Å². The number of carbonyl (C=O) groups is 2. The largest absolute Gasteiger partial charge is 0.456 e. The molecule has 0 aliphatic carbocycles. The predicted molar refractivity (Wildman–Crippen MR) is 109 cm³/mol. The molecule has 4 heterocycles. The molecule has 3 aromatic rings. The smallest absolute Gasteiger partial charge is 0.338 e. The number of esters is 1. The van der Waals surface area contributed by atoms with E-state index in [4.69, 9.17) is 4.74 Å². The summed E-state index contributed by atoms with van der Waals surface area (Å²) in [5.41, 5.74) is 2.91. The summed E-state index contributed by atoms with van der Waals surface area (Å²) in [5.74, 6) is -0.570. The summed E-state index contributed by atoms with van der Waals surface area (Å²) in [7, 11) is 0. The SMILES string of the molecule is Cc1csc2nc(COC(=O)c3ccc4c(c3)NC(=O)[C@H]3CCCN43)cc(=O)n12. The van der Waals surface area contributed by atoms with Gasteiger partial charge in [0.1, 0.15) is 12.6 Å². The molecule has 0 spiro atoms. The van der Waals surface area contributed by atoms with Gasteiger partial charge >= 0.3 is 5.97 Å². The van der Waals surface area contributed by atoms with Crippen LogP contribution in [0.2, 0.25) is 0 Å². The minimum Gasteiger partial charge on any atom is -0.456 e. The summed E-state index contributed by atoms with van der Waals surface area (Å²) < 4.78 is 6.88. The lowest BCUT2D eigenvalue weighted by Gasteiger charge is -2.33. The van der Waals surface area contributed by atoms with Crippen molar-refractivity contribution in [2.75, 3.05) is 16.8 Å². The van der Waals surface area contributed by atoms with Gasteiger partial charge in [-0.25, -0.2) is 9.78 Å². The summed E-state index contributed by atoms with van der Waals surface area (Å²) in [6, 6.07) is 6.43. The number of nitrogens with zero attached hydrogens (tertiary/aromatic N) is 3. The fourth-order valence-electron chi connectivity index (χ4n) is 3.95. The highest BCUT2D eigenvalue weighted by Crippen LogP contribution is 2.37. The first-order chi connectivity index (χ1) is 14.0. The second-order valence-corrected chi connectivity index (χ2v) is 8.07. The minimum atomic E-state index is -0.532. The molecule has 0 radical (unpaired) electrons. The highest BCUT2D eigenvalue weighted by Gasteiger charge is 2.36. The van der Waals surface area contributed by atoms with Crippen molar-refractivity contribution < 1.29 is 14.3 Å². The fraction of sp³-hybridized carbons (Fsp3) is 0.300. The van der Waals surface area contributed by atoms with Crippen LogP contribution in [0.25, 0.3) is 4.96 Å². The molecule has 1 atom stereocenters. The van der Waals surface area contributed by atoms with Crippen molar-refractivity contribution in [3.8, 4) is 0 Å². The van der Waals surface area contributed by atoms with Gasteiger partial charge in [-0.1, -0.05) is 0 Å². The molecule has 8 nitrogen and oxygen atoms in total. The second kappa shape index (κ2) is 6.70. The normalized spacial score (nSPS) is 17.8. The van der Waals surface area contributed by atoms with E-state index in [-0.39, 0.29) is 24.1 Å². The molecule has 148 valence electrons. The third-order valence-corrected chi connectivity index (χ3v) is 6.28. The average molecular weight is 410 g/mol. The van der Waals surface area contributed by atoms with E-state index in [9.17, 15) is 14.4 Å². The number of ether oxygens (including phenoxy) is 1. The Balaban J connectivity index is 1.35. The predicted octanol–water partition coefficient (Wildman–Crippen LogP) is 2.34. The summed E-state index contributed by atoms with van der Waals surface area (Å²) in [6.07, 6.45) is 1.82. The molecule has 29 heavy (non-hydrogen) atoms. The van der Waals surface area contributed by atoms with E-state index in [0.717, 1.165) is 30.8 Å². The van der Waals surface area contributed by atoms with Crippen LogP contribution < -0.4 is 15.8 Å². The molecule has 5 rings (SSSR count). The second-order valence-electron chi connectivity index (χ2n) is 7.23. The van der Waals surface area contributed by atoms with Gasteiger partial charge in [-0.05, 0) is 38.0 Å². The van der Waals surface area contributed by atoms with Crippen molar-refractivity contribution >= 4 is 39.5 Å². The zero-order valence-electron chi connectivity index (χ0n) is 15.7. The zero-order valence-corrected chi connectivity index (χ0v) is 16.5. The number of aromatic nitrogens is 2. The van der Waals surface area contributed by atoms with Crippen molar-refractivity contribution in [3.63, 3.8) is 0 Å². The molecule has 2 aliphatic rings. The van der Waals surface area contributed by atoms with Crippen LogP contribution in [0.4, 0.5) is 11.4 Å². The van der Waals surface area contributed by atoms with Crippen LogP contribution in [-0.2, 0) is 16.1 Å². The Bertz CT molecular complexity index is 1210. The Morgan fingerprint density at radius 2 is 2.21 bits per heavy atom. The minimum absolute atomic E-state index is 0.0373. The third kappa shape index (κ3) is 2.98. The molecule has 1 aromatic carbocycles. The van der Waals surface area contributed by atoms with E-state index in [1.807, 2.05) is 18.4 Å². The van der Waals surface area contributed by atoms with Gasteiger partial charge in [-0.15, -0.1) is 11.3 Å². The first-order valence-electron chi connectivity index (χ1n) is 9.37. The molecular formula is C20H18N4O4S. The number of aryl methyl sites for hydroxylation is 1.